The summed E-state index contributed by atoms with van der Waals surface area (Å²) < 4.78 is 5.52. The van der Waals surface area contributed by atoms with E-state index in [-0.39, 0.29) is 29.4 Å². The zero-order valence-corrected chi connectivity index (χ0v) is 18.3. The lowest BCUT2D eigenvalue weighted by Crippen LogP contribution is -2.31. The second-order valence-corrected chi connectivity index (χ2v) is 7.75. The van der Waals surface area contributed by atoms with E-state index in [0.717, 1.165) is 5.56 Å². The van der Waals surface area contributed by atoms with Crippen molar-refractivity contribution in [3.8, 4) is 11.5 Å². The van der Waals surface area contributed by atoms with E-state index < -0.39 is 17.7 Å². The molecule has 168 valence electrons. The van der Waals surface area contributed by atoms with Crippen molar-refractivity contribution in [2.24, 2.45) is 0 Å². The van der Waals surface area contributed by atoms with Crippen LogP contribution in [0.5, 0.6) is 11.5 Å². The van der Waals surface area contributed by atoms with Crippen LogP contribution in [0, 0.1) is 0 Å². The molecule has 0 bridgehead atoms. The maximum Gasteiger partial charge on any atom is 0.295 e. The van der Waals surface area contributed by atoms with Gasteiger partial charge in [0.15, 0.2) is 11.5 Å². The van der Waals surface area contributed by atoms with Crippen molar-refractivity contribution in [1.82, 2.24) is 4.90 Å². The zero-order chi connectivity index (χ0) is 23.4. The van der Waals surface area contributed by atoms with Crippen molar-refractivity contribution in [2.75, 3.05) is 13.2 Å². The van der Waals surface area contributed by atoms with E-state index in [1.54, 1.807) is 49.4 Å². The predicted octanol–water partition coefficient (Wildman–Crippen LogP) is 4.46. The molecular weight excluding hydrogens is 418 g/mol. The first-order chi connectivity index (χ1) is 16.0. The molecule has 2 N–H and O–H groups in total. The molecule has 6 nitrogen and oxygen atoms in total. The largest absolute Gasteiger partial charge is 0.507 e. The maximum absolute atomic E-state index is 13.1. The third-order valence-corrected chi connectivity index (χ3v) is 5.67. The van der Waals surface area contributed by atoms with Crippen LogP contribution in [-0.2, 0) is 16.0 Å². The van der Waals surface area contributed by atoms with Crippen molar-refractivity contribution in [3.05, 3.63) is 101 Å². The minimum absolute atomic E-state index is 0.0207. The van der Waals surface area contributed by atoms with Crippen LogP contribution in [0.1, 0.15) is 29.7 Å². The second kappa shape index (κ2) is 9.61. The fourth-order valence-electron chi connectivity index (χ4n) is 4.07. The Kier molecular flexibility index (Phi) is 6.45. The summed E-state index contributed by atoms with van der Waals surface area (Å²) in [5, 5.41) is 21.2. The number of carbonyl (C=O) groups is 2. The highest BCUT2D eigenvalue weighted by molar-refractivity contribution is 6.46. The van der Waals surface area contributed by atoms with Crippen LogP contribution in [0.15, 0.2) is 84.4 Å². The number of aliphatic hydroxyl groups excluding tert-OH is 1. The molecule has 3 aromatic rings. The molecule has 0 aliphatic carbocycles. The van der Waals surface area contributed by atoms with E-state index in [2.05, 4.69) is 0 Å². The van der Waals surface area contributed by atoms with Gasteiger partial charge >= 0.3 is 0 Å². The molecule has 1 heterocycles. The van der Waals surface area contributed by atoms with Gasteiger partial charge in [-0.25, -0.2) is 0 Å². The molecule has 1 fully saturated rings. The number of phenols is 1. The molecule has 1 atom stereocenters. The van der Waals surface area contributed by atoms with Gasteiger partial charge in [-0.05, 0) is 36.6 Å². The van der Waals surface area contributed by atoms with Crippen molar-refractivity contribution >= 4 is 17.4 Å². The van der Waals surface area contributed by atoms with Gasteiger partial charge in [0.25, 0.3) is 11.7 Å². The highest BCUT2D eigenvalue weighted by Crippen LogP contribution is 2.41. The van der Waals surface area contributed by atoms with Crippen LogP contribution in [0.3, 0.4) is 0 Å². The van der Waals surface area contributed by atoms with Gasteiger partial charge in [-0.2, -0.15) is 0 Å². The topological polar surface area (TPSA) is 87.1 Å². The molecule has 3 aromatic carbocycles. The van der Waals surface area contributed by atoms with E-state index >= 15 is 0 Å². The van der Waals surface area contributed by atoms with Gasteiger partial charge < -0.3 is 19.8 Å². The van der Waals surface area contributed by atoms with E-state index in [9.17, 15) is 19.8 Å². The number of hydrogen-bond donors (Lipinski definition) is 2. The smallest absolute Gasteiger partial charge is 0.295 e. The number of aromatic hydroxyl groups is 1. The molecule has 33 heavy (non-hydrogen) atoms. The molecular formula is C27H25NO5. The molecule has 1 saturated heterocycles. The fourth-order valence-corrected chi connectivity index (χ4v) is 4.07. The minimum atomic E-state index is -0.811. The summed E-state index contributed by atoms with van der Waals surface area (Å²) in [6.45, 7) is 2.43. The average molecular weight is 443 g/mol. The SMILES string of the molecule is CCOc1cc(C2C(=C(O)c3ccccc3)C(=O)C(=O)N2CCc2ccccc2)ccc1O. The van der Waals surface area contributed by atoms with Crippen molar-refractivity contribution in [2.45, 2.75) is 19.4 Å². The summed E-state index contributed by atoms with van der Waals surface area (Å²) in [5.74, 6) is -1.42. The van der Waals surface area contributed by atoms with Gasteiger partial charge in [0.1, 0.15) is 5.76 Å². The van der Waals surface area contributed by atoms with Crippen molar-refractivity contribution in [3.63, 3.8) is 0 Å². The summed E-state index contributed by atoms with van der Waals surface area (Å²) in [5.41, 5.74) is 2.07. The van der Waals surface area contributed by atoms with Crippen LogP contribution in [0.25, 0.3) is 5.76 Å². The van der Waals surface area contributed by atoms with Gasteiger partial charge in [0, 0.05) is 12.1 Å². The van der Waals surface area contributed by atoms with Crippen LogP contribution >= 0.6 is 0 Å². The Hall–Kier alpha value is -4.06. The normalized spacial score (nSPS) is 17.4. The van der Waals surface area contributed by atoms with Gasteiger partial charge in [0.05, 0.1) is 18.2 Å². The van der Waals surface area contributed by atoms with Crippen molar-refractivity contribution < 1.29 is 24.5 Å². The van der Waals surface area contributed by atoms with Gasteiger partial charge in [-0.15, -0.1) is 0 Å². The molecule has 4 rings (SSSR count). The number of ether oxygens (including phenoxy) is 1. The highest BCUT2D eigenvalue weighted by Gasteiger charge is 2.46. The second-order valence-electron chi connectivity index (χ2n) is 7.75. The highest BCUT2D eigenvalue weighted by atomic mass is 16.5. The molecule has 1 aliphatic heterocycles. The number of amides is 1. The van der Waals surface area contributed by atoms with E-state index in [1.165, 1.54) is 11.0 Å². The number of Topliss-reactive ketones (excluding diaryl/α,β-unsaturated/α-hetero) is 1. The number of hydrogen-bond acceptors (Lipinski definition) is 5. The minimum Gasteiger partial charge on any atom is -0.507 e. The number of rotatable bonds is 7. The molecule has 1 unspecified atom stereocenters. The average Bonchev–Trinajstić information content (AvgIpc) is 3.10. The number of ketones is 1. The fraction of sp³-hybridized carbons (Fsp3) is 0.185. The van der Waals surface area contributed by atoms with Crippen LogP contribution in [0.2, 0.25) is 0 Å². The Morgan fingerprint density at radius 2 is 1.64 bits per heavy atom. The molecule has 1 amide bonds. The summed E-state index contributed by atoms with van der Waals surface area (Å²) >= 11 is 0. The molecule has 0 radical (unpaired) electrons. The Balaban J connectivity index is 1.81. The molecule has 0 saturated carbocycles. The first-order valence-corrected chi connectivity index (χ1v) is 10.8. The summed E-state index contributed by atoms with van der Waals surface area (Å²) in [6.07, 6.45) is 0.548. The predicted molar refractivity (Wildman–Crippen MR) is 125 cm³/mol. The standard InChI is InChI=1S/C27H25NO5/c1-2-33-22-17-20(13-14-21(22)29)24-23(25(30)19-11-7-4-8-12-19)26(31)27(32)28(24)16-15-18-9-5-3-6-10-18/h3-14,17,24,29-30H,2,15-16H2,1H3. The number of likely N-dealkylation sites (tertiary alicyclic amines) is 1. The van der Waals surface area contributed by atoms with Gasteiger partial charge in [0.2, 0.25) is 0 Å². The number of carbonyl (C=O) groups excluding carboxylic acids is 2. The first-order valence-electron chi connectivity index (χ1n) is 10.8. The number of benzene rings is 3. The monoisotopic (exact) mass is 443 g/mol. The summed E-state index contributed by atoms with van der Waals surface area (Å²) in [6, 6.07) is 22.3. The molecule has 0 aromatic heterocycles. The van der Waals surface area contributed by atoms with E-state index in [1.807, 2.05) is 30.3 Å². The van der Waals surface area contributed by atoms with E-state index in [0.29, 0.717) is 24.2 Å². The first kappa shape index (κ1) is 22.1. The zero-order valence-electron chi connectivity index (χ0n) is 18.3. The number of phenolic OH excluding ortho intramolecular Hbond substituents is 1. The van der Waals surface area contributed by atoms with Crippen LogP contribution in [-0.4, -0.2) is 40.0 Å². The summed E-state index contributed by atoms with van der Waals surface area (Å²) in [7, 11) is 0. The summed E-state index contributed by atoms with van der Waals surface area (Å²) in [4.78, 5) is 27.7. The van der Waals surface area contributed by atoms with Crippen molar-refractivity contribution in [1.29, 1.82) is 0 Å². The third kappa shape index (κ3) is 4.46. The quantitative estimate of drug-likeness (QED) is 0.320. The molecule has 0 spiro atoms. The lowest BCUT2D eigenvalue weighted by molar-refractivity contribution is -0.139. The Morgan fingerprint density at radius 3 is 2.30 bits per heavy atom. The maximum atomic E-state index is 13.1. The lowest BCUT2D eigenvalue weighted by Gasteiger charge is -2.26. The van der Waals surface area contributed by atoms with E-state index in [4.69, 9.17) is 4.74 Å². The Labute approximate surface area is 192 Å². The van der Waals surface area contributed by atoms with Gasteiger partial charge in [-0.1, -0.05) is 66.7 Å². The molecule has 6 heteroatoms. The van der Waals surface area contributed by atoms with Crippen LogP contribution < -0.4 is 4.74 Å². The number of nitrogens with zero attached hydrogens (tertiary/aromatic N) is 1. The van der Waals surface area contributed by atoms with Crippen LogP contribution in [0.4, 0.5) is 0 Å². The number of aliphatic hydroxyl groups is 1. The third-order valence-electron chi connectivity index (χ3n) is 5.67. The molecule has 1 aliphatic rings. The Morgan fingerprint density at radius 1 is 0.970 bits per heavy atom. The lowest BCUT2D eigenvalue weighted by atomic mass is 9.95. The van der Waals surface area contributed by atoms with Gasteiger partial charge in [-0.3, -0.25) is 9.59 Å². The Bertz CT molecular complexity index is 1190.